The Morgan fingerprint density at radius 1 is 1.08 bits per heavy atom. The first-order valence-electron chi connectivity index (χ1n) is 8.00. The summed E-state index contributed by atoms with van der Waals surface area (Å²) in [6.07, 6.45) is -0.857. The minimum Gasteiger partial charge on any atom is -0.386 e. The van der Waals surface area contributed by atoms with Gasteiger partial charge in [0.2, 0.25) is 0 Å². The minimum atomic E-state index is -0.857. The lowest BCUT2D eigenvalue weighted by Gasteiger charge is -2.10. The second-order valence-electron chi connectivity index (χ2n) is 5.73. The molecule has 1 aromatic carbocycles. The molecular formula is C19H18N2O3S2. The fourth-order valence-corrected chi connectivity index (χ4v) is 4.19. The van der Waals surface area contributed by atoms with Crippen LogP contribution >= 0.6 is 22.7 Å². The number of hydrogen-bond acceptors (Lipinski definition) is 5. The number of rotatable bonds is 5. The zero-order chi connectivity index (χ0) is 18.5. The summed E-state index contributed by atoms with van der Waals surface area (Å²) in [4.78, 5) is 26.8. The van der Waals surface area contributed by atoms with Crippen molar-refractivity contribution in [2.45, 2.75) is 13.0 Å². The van der Waals surface area contributed by atoms with Crippen LogP contribution in [0.4, 0.5) is 5.69 Å². The van der Waals surface area contributed by atoms with E-state index in [0.29, 0.717) is 5.69 Å². The molecule has 0 radical (unpaired) electrons. The number of thiophene rings is 2. The van der Waals surface area contributed by atoms with Crippen molar-refractivity contribution in [1.82, 2.24) is 5.32 Å². The molecule has 2 heterocycles. The lowest BCUT2D eigenvalue weighted by molar-refractivity contribution is -0.136. The first-order chi connectivity index (χ1) is 12.5. The van der Waals surface area contributed by atoms with Crippen molar-refractivity contribution in [1.29, 1.82) is 0 Å². The summed E-state index contributed by atoms with van der Waals surface area (Å²) in [5.74, 6) is -1.53. The molecule has 0 saturated carbocycles. The van der Waals surface area contributed by atoms with Crippen LogP contribution in [0.15, 0.2) is 53.9 Å². The number of benzene rings is 1. The van der Waals surface area contributed by atoms with Gasteiger partial charge in [0.1, 0.15) is 6.10 Å². The van der Waals surface area contributed by atoms with E-state index in [0.717, 1.165) is 20.2 Å². The highest BCUT2D eigenvalue weighted by Gasteiger charge is 2.17. The summed E-state index contributed by atoms with van der Waals surface area (Å²) >= 11 is 3.10. The summed E-state index contributed by atoms with van der Waals surface area (Å²) in [7, 11) is 0. The normalized spacial score (nSPS) is 11.8. The van der Waals surface area contributed by atoms with E-state index in [1.807, 2.05) is 42.6 Å². The summed E-state index contributed by atoms with van der Waals surface area (Å²) in [5.41, 5.74) is 1.54. The maximum atomic E-state index is 11.9. The topological polar surface area (TPSA) is 78.4 Å². The summed E-state index contributed by atoms with van der Waals surface area (Å²) in [6.45, 7) is 1.88. The van der Waals surface area contributed by atoms with Crippen molar-refractivity contribution in [2.24, 2.45) is 0 Å². The van der Waals surface area contributed by atoms with Gasteiger partial charge in [0.15, 0.2) is 0 Å². The molecule has 0 aliphatic heterocycles. The second-order valence-corrected chi connectivity index (χ2v) is 7.79. The van der Waals surface area contributed by atoms with Crippen LogP contribution in [0.25, 0.3) is 9.75 Å². The van der Waals surface area contributed by atoms with Crippen molar-refractivity contribution < 1.29 is 14.7 Å². The number of amides is 2. The van der Waals surface area contributed by atoms with E-state index < -0.39 is 17.9 Å². The van der Waals surface area contributed by atoms with Crippen LogP contribution in [0.1, 0.15) is 16.5 Å². The Morgan fingerprint density at radius 2 is 1.92 bits per heavy atom. The number of nitrogens with one attached hydrogen (secondary N) is 2. The van der Waals surface area contributed by atoms with Crippen LogP contribution in [0.3, 0.4) is 0 Å². The van der Waals surface area contributed by atoms with Gasteiger partial charge >= 0.3 is 11.8 Å². The van der Waals surface area contributed by atoms with Crippen molar-refractivity contribution >= 4 is 40.2 Å². The maximum Gasteiger partial charge on any atom is 0.313 e. The molecule has 26 heavy (non-hydrogen) atoms. The molecule has 3 rings (SSSR count). The fourth-order valence-electron chi connectivity index (χ4n) is 2.36. The first-order valence-corrected chi connectivity index (χ1v) is 9.70. The molecule has 0 spiro atoms. The molecule has 0 aliphatic carbocycles. The third kappa shape index (κ3) is 4.57. The Kier molecular flexibility index (Phi) is 5.82. The third-order valence-corrected chi connectivity index (χ3v) is 5.91. The lowest BCUT2D eigenvalue weighted by Crippen LogP contribution is -2.37. The molecule has 0 saturated heterocycles. The second kappa shape index (κ2) is 8.27. The summed E-state index contributed by atoms with van der Waals surface area (Å²) in [6, 6.07) is 15.0. The van der Waals surface area contributed by atoms with E-state index in [1.165, 1.54) is 11.3 Å². The van der Waals surface area contributed by atoms with Gasteiger partial charge in [-0.25, -0.2) is 0 Å². The Labute approximate surface area is 159 Å². The Morgan fingerprint density at radius 3 is 2.65 bits per heavy atom. The van der Waals surface area contributed by atoms with Gasteiger partial charge in [-0.3, -0.25) is 9.59 Å². The van der Waals surface area contributed by atoms with E-state index in [9.17, 15) is 14.7 Å². The van der Waals surface area contributed by atoms with E-state index in [1.54, 1.807) is 29.5 Å². The van der Waals surface area contributed by atoms with Crippen LogP contribution in [0.2, 0.25) is 0 Å². The van der Waals surface area contributed by atoms with E-state index in [4.69, 9.17) is 0 Å². The van der Waals surface area contributed by atoms with Crippen molar-refractivity contribution in [2.75, 3.05) is 11.9 Å². The standard InChI is InChI=1S/C19H18N2O3S2/c1-12-4-2-5-13(10-12)21-19(24)18(23)20-11-14(22)15-7-8-17(26-15)16-6-3-9-25-16/h2-10,14,22H,11H2,1H3,(H,20,23)(H,21,24). The molecule has 0 aliphatic rings. The molecule has 5 nitrogen and oxygen atoms in total. The van der Waals surface area contributed by atoms with Crippen LogP contribution in [0.5, 0.6) is 0 Å². The van der Waals surface area contributed by atoms with Crippen LogP contribution in [-0.2, 0) is 9.59 Å². The molecule has 2 amide bonds. The average molecular weight is 386 g/mol. The molecule has 7 heteroatoms. The van der Waals surface area contributed by atoms with Gasteiger partial charge in [-0.1, -0.05) is 18.2 Å². The van der Waals surface area contributed by atoms with Crippen molar-refractivity contribution in [3.8, 4) is 9.75 Å². The van der Waals surface area contributed by atoms with Gasteiger partial charge in [0.25, 0.3) is 0 Å². The molecule has 134 valence electrons. The smallest absolute Gasteiger partial charge is 0.313 e. The number of anilines is 1. The Balaban J connectivity index is 1.53. The molecule has 1 unspecified atom stereocenters. The molecule has 3 N–H and O–H groups in total. The molecule has 3 aromatic rings. The van der Waals surface area contributed by atoms with Gasteiger partial charge < -0.3 is 15.7 Å². The molecule has 2 aromatic heterocycles. The zero-order valence-electron chi connectivity index (χ0n) is 14.1. The van der Waals surface area contributed by atoms with E-state index >= 15 is 0 Å². The van der Waals surface area contributed by atoms with Gasteiger partial charge in [-0.05, 0) is 48.2 Å². The number of hydrogen-bond donors (Lipinski definition) is 3. The zero-order valence-corrected chi connectivity index (χ0v) is 15.7. The SMILES string of the molecule is Cc1cccc(NC(=O)C(=O)NCC(O)c2ccc(-c3cccs3)s2)c1. The van der Waals surface area contributed by atoms with Gasteiger partial charge in [0.05, 0.1) is 0 Å². The Bertz CT molecular complexity index is 903. The summed E-state index contributed by atoms with van der Waals surface area (Å²) in [5, 5.41) is 17.3. The van der Waals surface area contributed by atoms with E-state index in [-0.39, 0.29) is 6.54 Å². The highest BCUT2D eigenvalue weighted by atomic mass is 32.1. The maximum absolute atomic E-state index is 11.9. The monoisotopic (exact) mass is 386 g/mol. The number of aliphatic hydroxyl groups is 1. The fraction of sp³-hybridized carbons (Fsp3) is 0.158. The predicted molar refractivity (Wildman–Crippen MR) is 105 cm³/mol. The largest absolute Gasteiger partial charge is 0.386 e. The predicted octanol–water partition coefficient (Wildman–Crippen LogP) is 3.57. The average Bonchev–Trinajstić information content (AvgIpc) is 3.30. The van der Waals surface area contributed by atoms with Crippen LogP contribution in [0, 0.1) is 6.92 Å². The molecular weight excluding hydrogens is 368 g/mol. The van der Waals surface area contributed by atoms with Gasteiger partial charge in [-0.15, -0.1) is 22.7 Å². The van der Waals surface area contributed by atoms with Crippen LogP contribution in [-0.4, -0.2) is 23.5 Å². The van der Waals surface area contributed by atoms with E-state index in [2.05, 4.69) is 10.6 Å². The minimum absolute atomic E-state index is 0.0233. The highest BCUT2D eigenvalue weighted by molar-refractivity contribution is 7.21. The van der Waals surface area contributed by atoms with Gasteiger partial charge in [0, 0.05) is 26.9 Å². The lowest BCUT2D eigenvalue weighted by atomic mass is 10.2. The Hall–Kier alpha value is -2.48. The number of carbonyl (C=O) groups is 2. The van der Waals surface area contributed by atoms with Crippen molar-refractivity contribution in [3.63, 3.8) is 0 Å². The van der Waals surface area contributed by atoms with Crippen molar-refractivity contribution in [3.05, 3.63) is 64.4 Å². The molecule has 0 bridgehead atoms. The van der Waals surface area contributed by atoms with Crippen LogP contribution < -0.4 is 10.6 Å². The third-order valence-electron chi connectivity index (χ3n) is 3.66. The highest BCUT2D eigenvalue weighted by Crippen LogP contribution is 2.33. The number of carbonyl (C=O) groups excluding carboxylic acids is 2. The number of aryl methyl sites for hydroxylation is 1. The first kappa shape index (κ1) is 18.3. The number of aliphatic hydroxyl groups excluding tert-OH is 1. The quantitative estimate of drug-likeness (QED) is 0.587. The molecule has 1 atom stereocenters. The summed E-state index contributed by atoms with van der Waals surface area (Å²) < 4.78 is 0. The molecule has 0 fully saturated rings. The van der Waals surface area contributed by atoms with Gasteiger partial charge in [-0.2, -0.15) is 0 Å².